The van der Waals surface area contributed by atoms with E-state index in [9.17, 15) is 4.79 Å². The topological polar surface area (TPSA) is 41.6 Å². The van der Waals surface area contributed by atoms with Crippen molar-refractivity contribution in [1.82, 2.24) is 10.2 Å². The summed E-state index contributed by atoms with van der Waals surface area (Å²) in [5, 5.41) is 3.44. The van der Waals surface area contributed by atoms with Gasteiger partial charge in [-0.2, -0.15) is 0 Å². The standard InChI is InChI=1S/C14H21ClN2O2/c1-11(14(18)16-8-5-9-17(2)3)19-13-7-4-6-12(15)10-13/h4,6-7,10-11H,5,8-9H2,1-3H3,(H,16,18). The zero-order valence-electron chi connectivity index (χ0n) is 11.6. The molecule has 0 spiro atoms. The lowest BCUT2D eigenvalue weighted by atomic mass is 10.3. The molecule has 0 bridgehead atoms. The maximum atomic E-state index is 11.8. The van der Waals surface area contributed by atoms with Crippen molar-refractivity contribution in [3.63, 3.8) is 0 Å². The van der Waals surface area contributed by atoms with Crippen LogP contribution in [-0.2, 0) is 4.79 Å². The highest BCUT2D eigenvalue weighted by molar-refractivity contribution is 6.30. The number of nitrogens with zero attached hydrogens (tertiary/aromatic N) is 1. The highest BCUT2D eigenvalue weighted by Gasteiger charge is 2.13. The fraction of sp³-hybridized carbons (Fsp3) is 0.500. The van der Waals surface area contributed by atoms with Gasteiger partial charge in [-0.25, -0.2) is 0 Å². The molecule has 0 saturated heterocycles. The monoisotopic (exact) mass is 284 g/mol. The number of amides is 1. The first kappa shape index (κ1) is 15.8. The maximum Gasteiger partial charge on any atom is 0.260 e. The van der Waals surface area contributed by atoms with Crippen LogP contribution in [0.3, 0.4) is 0 Å². The van der Waals surface area contributed by atoms with Crippen LogP contribution in [0.4, 0.5) is 0 Å². The maximum absolute atomic E-state index is 11.8. The molecule has 4 nitrogen and oxygen atoms in total. The number of halogens is 1. The fourth-order valence-corrected chi connectivity index (χ4v) is 1.73. The van der Waals surface area contributed by atoms with Gasteiger partial charge in [-0.3, -0.25) is 4.79 Å². The molecule has 5 heteroatoms. The molecule has 106 valence electrons. The second kappa shape index (κ2) is 8.02. The molecule has 19 heavy (non-hydrogen) atoms. The minimum absolute atomic E-state index is 0.112. The number of hydrogen-bond donors (Lipinski definition) is 1. The molecule has 0 heterocycles. The molecule has 1 rings (SSSR count). The Balaban J connectivity index is 2.32. The largest absolute Gasteiger partial charge is 0.481 e. The Hall–Kier alpha value is -1.26. The molecule has 1 N–H and O–H groups in total. The number of hydrogen-bond acceptors (Lipinski definition) is 3. The third-order valence-electron chi connectivity index (χ3n) is 2.56. The van der Waals surface area contributed by atoms with Crippen molar-refractivity contribution in [3.8, 4) is 5.75 Å². The Morgan fingerprint density at radius 3 is 2.84 bits per heavy atom. The molecule has 1 atom stereocenters. The first-order chi connectivity index (χ1) is 8.99. The molecule has 0 aliphatic rings. The average Bonchev–Trinajstić information content (AvgIpc) is 2.34. The third kappa shape index (κ3) is 6.45. The van der Waals surface area contributed by atoms with Gasteiger partial charge in [-0.05, 0) is 52.2 Å². The summed E-state index contributed by atoms with van der Waals surface area (Å²) in [4.78, 5) is 13.9. The Morgan fingerprint density at radius 2 is 2.21 bits per heavy atom. The fourth-order valence-electron chi connectivity index (χ4n) is 1.55. The zero-order chi connectivity index (χ0) is 14.3. The highest BCUT2D eigenvalue weighted by atomic mass is 35.5. The number of ether oxygens (including phenoxy) is 1. The summed E-state index contributed by atoms with van der Waals surface area (Å²) < 4.78 is 5.53. The summed E-state index contributed by atoms with van der Waals surface area (Å²) in [5.74, 6) is 0.488. The summed E-state index contributed by atoms with van der Waals surface area (Å²) in [6.07, 6.45) is 0.389. The molecule has 0 aromatic heterocycles. The number of carbonyl (C=O) groups excluding carboxylic acids is 1. The molecule has 0 fully saturated rings. The lowest BCUT2D eigenvalue weighted by Gasteiger charge is -2.15. The van der Waals surface area contributed by atoms with Gasteiger partial charge in [0.25, 0.3) is 5.91 Å². The van der Waals surface area contributed by atoms with Crippen LogP contribution < -0.4 is 10.1 Å². The highest BCUT2D eigenvalue weighted by Crippen LogP contribution is 2.18. The molecular formula is C14H21ClN2O2. The Labute approximate surface area is 119 Å². The van der Waals surface area contributed by atoms with Gasteiger partial charge in [0.1, 0.15) is 5.75 Å². The molecule has 1 aromatic rings. The second-order valence-electron chi connectivity index (χ2n) is 4.67. The van der Waals surface area contributed by atoms with Crippen LogP contribution in [0.25, 0.3) is 0 Å². The van der Waals surface area contributed by atoms with Crippen molar-refractivity contribution in [2.24, 2.45) is 0 Å². The normalized spacial score (nSPS) is 12.3. The van der Waals surface area contributed by atoms with Gasteiger partial charge in [-0.1, -0.05) is 17.7 Å². The molecule has 0 saturated carbocycles. The van der Waals surface area contributed by atoms with Gasteiger partial charge < -0.3 is 15.0 Å². The number of rotatable bonds is 7. The molecule has 1 aromatic carbocycles. The van der Waals surface area contributed by atoms with Crippen LogP contribution in [0, 0.1) is 0 Å². The molecule has 0 aliphatic heterocycles. The van der Waals surface area contributed by atoms with Crippen molar-refractivity contribution >= 4 is 17.5 Å². The quantitative estimate of drug-likeness (QED) is 0.780. The summed E-state index contributed by atoms with van der Waals surface area (Å²) in [6.45, 7) is 3.33. The summed E-state index contributed by atoms with van der Waals surface area (Å²) >= 11 is 5.85. The van der Waals surface area contributed by atoms with Gasteiger partial charge >= 0.3 is 0 Å². The van der Waals surface area contributed by atoms with Crippen LogP contribution in [0.5, 0.6) is 5.75 Å². The predicted molar refractivity (Wildman–Crippen MR) is 77.7 cm³/mol. The van der Waals surface area contributed by atoms with E-state index in [0.717, 1.165) is 13.0 Å². The average molecular weight is 285 g/mol. The number of benzene rings is 1. The van der Waals surface area contributed by atoms with Gasteiger partial charge in [0.2, 0.25) is 0 Å². The number of nitrogens with one attached hydrogen (secondary N) is 1. The lowest BCUT2D eigenvalue weighted by Crippen LogP contribution is -2.37. The van der Waals surface area contributed by atoms with E-state index in [0.29, 0.717) is 17.3 Å². The Kier molecular flexibility index (Phi) is 6.67. The molecule has 0 aliphatic carbocycles. The van der Waals surface area contributed by atoms with E-state index in [1.54, 1.807) is 31.2 Å². The lowest BCUT2D eigenvalue weighted by molar-refractivity contribution is -0.127. The SMILES string of the molecule is CC(Oc1cccc(Cl)c1)C(=O)NCCCN(C)C. The van der Waals surface area contributed by atoms with E-state index in [1.807, 2.05) is 14.1 Å². The van der Waals surface area contributed by atoms with Crippen molar-refractivity contribution in [3.05, 3.63) is 29.3 Å². The predicted octanol–water partition coefficient (Wildman–Crippen LogP) is 2.18. The molecule has 0 radical (unpaired) electrons. The van der Waals surface area contributed by atoms with Gasteiger partial charge in [-0.15, -0.1) is 0 Å². The van der Waals surface area contributed by atoms with E-state index >= 15 is 0 Å². The van der Waals surface area contributed by atoms with Gasteiger partial charge in [0, 0.05) is 11.6 Å². The Morgan fingerprint density at radius 1 is 1.47 bits per heavy atom. The smallest absolute Gasteiger partial charge is 0.260 e. The van der Waals surface area contributed by atoms with Crippen LogP contribution in [0.1, 0.15) is 13.3 Å². The Bertz CT molecular complexity index is 410. The second-order valence-corrected chi connectivity index (χ2v) is 5.10. The van der Waals surface area contributed by atoms with Crippen molar-refractivity contribution < 1.29 is 9.53 Å². The van der Waals surface area contributed by atoms with Crippen LogP contribution >= 0.6 is 11.6 Å². The van der Waals surface area contributed by atoms with Gasteiger partial charge in [0.15, 0.2) is 6.10 Å². The summed E-state index contributed by atoms with van der Waals surface area (Å²) in [6, 6.07) is 7.03. The minimum atomic E-state index is -0.530. The first-order valence-corrected chi connectivity index (χ1v) is 6.71. The molecule has 1 unspecified atom stereocenters. The van der Waals surface area contributed by atoms with E-state index in [2.05, 4.69) is 10.2 Å². The van der Waals surface area contributed by atoms with E-state index in [4.69, 9.17) is 16.3 Å². The van der Waals surface area contributed by atoms with E-state index in [1.165, 1.54) is 0 Å². The van der Waals surface area contributed by atoms with Crippen molar-refractivity contribution in [1.29, 1.82) is 0 Å². The minimum Gasteiger partial charge on any atom is -0.481 e. The first-order valence-electron chi connectivity index (χ1n) is 6.33. The van der Waals surface area contributed by atoms with Crippen molar-refractivity contribution in [2.75, 3.05) is 27.2 Å². The summed E-state index contributed by atoms with van der Waals surface area (Å²) in [7, 11) is 4.01. The number of carbonyl (C=O) groups is 1. The van der Waals surface area contributed by atoms with Crippen LogP contribution in [0.2, 0.25) is 5.02 Å². The van der Waals surface area contributed by atoms with Crippen LogP contribution in [0.15, 0.2) is 24.3 Å². The van der Waals surface area contributed by atoms with Crippen molar-refractivity contribution in [2.45, 2.75) is 19.4 Å². The summed E-state index contributed by atoms with van der Waals surface area (Å²) in [5.41, 5.74) is 0. The van der Waals surface area contributed by atoms with E-state index in [-0.39, 0.29) is 5.91 Å². The molecule has 1 amide bonds. The third-order valence-corrected chi connectivity index (χ3v) is 2.79. The van der Waals surface area contributed by atoms with Crippen LogP contribution in [-0.4, -0.2) is 44.1 Å². The molecular weight excluding hydrogens is 264 g/mol. The van der Waals surface area contributed by atoms with Gasteiger partial charge in [0.05, 0.1) is 0 Å². The van der Waals surface area contributed by atoms with E-state index < -0.39 is 6.10 Å². The zero-order valence-corrected chi connectivity index (χ0v) is 12.4.